The Hall–Kier alpha value is -2.37. The Morgan fingerprint density at radius 3 is 2.28 bits per heavy atom. The van der Waals surface area contributed by atoms with E-state index in [-0.39, 0.29) is 23.7 Å². The van der Waals surface area contributed by atoms with Crippen LogP contribution in [0.3, 0.4) is 0 Å². The van der Waals surface area contributed by atoms with E-state index in [1.54, 1.807) is 31.2 Å². The third-order valence-corrected chi connectivity index (χ3v) is 4.52. The maximum absolute atomic E-state index is 12.4. The minimum Gasteiger partial charge on any atom is -0.462 e. The van der Waals surface area contributed by atoms with E-state index in [0.717, 1.165) is 25.7 Å². The summed E-state index contributed by atoms with van der Waals surface area (Å²) >= 11 is 0. The lowest BCUT2D eigenvalue weighted by atomic mass is 9.81. The van der Waals surface area contributed by atoms with Gasteiger partial charge in [0.25, 0.3) is 0 Å². The lowest BCUT2D eigenvalue weighted by Gasteiger charge is -2.27. The summed E-state index contributed by atoms with van der Waals surface area (Å²) in [6.07, 6.45) is 3.55. The van der Waals surface area contributed by atoms with E-state index in [1.165, 1.54) is 6.92 Å². The smallest absolute Gasteiger partial charge is 0.338 e. The van der Waals surface area contributed by atoms with Crippen molar-refractivity contribution in [3.8, 4) is 0 Å². The zero-order valence-corrected chi connectivity index (χ0v) is 14.8. The molecule has 1 fully saturated rings. The van der Waals surface area contributed by atoms with Crippen molar-refractivity contribution in [2.45, 2.75) is 39.5 Å². The van der Waals surface area contributed by atoms with Gasteiger partial charge in [0.05, 0.1) is 12.2 Å². The summed E-state index contributed by atoms with van der Waals surface area (Å²) in [5, 5.41) is 5.76. The van der Waals surface area contributed by atoms with Crippen LogP contribution in [0.15, 0.2) is 24.3 Å². The molecule has 0 saturated heterocycles. The molecule has 136 valence electrons. The average Bonchev–Trinajstić information content (AvgIpc) is 2.61. The highest BCUT2D eigenvalue weighted by Gasteiger charge is 2.26. The zero-order valence-electron chi connectivity index (χ0n) is 14.8. The van der Waals surface area contributed by atoms with Crippen molar-refractivity contribution in [1.29, 1.82) is 0 Å². The number of hydrogen-bond acceptors (Lipinski definition) is 4. The first kappa shape index (κ1) is 19.0. The van der Waals surface area contributed by atoms with E-state index in [0.29, 0.717) is 30.3 Å². The molecule has 2 amide bonds. The van der Waals surface area contributed by atoms with Crippen LogP contribution in [0.25, 0.3) is 0 Å². The Balaban J connectivity index is 1.80. The highest BCUT2D eigenvalue weighted by atomic mass is 16.5. The molecule has 0 heterocycles. The van der Waals surface area contributed by atoms with Gasteiger partial charge in [-0.05, 0) is 62.8 Å². The van der Waals surface area contributed by atoms with E-state index in [4.69, 9.17) is 4.74 Å². The van der Waals surface area contributed by atoms with Gasteiger partial charge in [0.15, 0.2) is 0 Å². The highest BCUT2D eigenvalue weighted by Crippen LogP contribution is 2.29. The molecule has 2 N–H and O–H groups in total. The number of carbonyl (C=O) groups is 3. The van der Waals surface area contributed by atoms with Gasteiger partial charge in [0, 0.05) is 25.1 Å². The fourth-order valence-corrected chi connectivity index (χ4v) is 3.07. The molecule has 6 heteroatoms. The monoisotopic (exact) mass is 346 g/mol. The van der Waals surface area contributed by atoms with Gasteiger partial charge in [-0.25, -0.2) is 4.79 Å². The largest absolute Gasteiger partial charge is 0.462 e. The molecule has 1 saturated carbocycles. The first-order chi connectivity index (χ1) is 12.0. The molecule has 1 aliphatic rings. The number of esters is 1. The molecule has 0 aromatic heterocycles. The Bertz CT molecular complexity index is 604. The maximum Gasteiger partial charge on any atom is 0.338 e. The highest BCUT2D eigenvalue weighted by molar-refractivity contribution is 5.94. The third kappa shape index (κ3) is 5.89. The third-order valence-electron chi connectivity index (χ3n) is 4.52. The van der Waals surface area contributed by atoms with Crippen LogP contribution in [-0.2, 0) is 14.3 Å². The van der Waals surface area contributed by atoms with Gasteiger partial charge in [-0.1, -0.05) is 0 Å². The van der Waals surface area contributed by atoms with E-state index >= 15 is 0 Å². The molecule has 0 unspecified atom stereocenters. The standard InChI is InChI=1S/C19H26N2O4/c1-3-25-19(24)16-8-10-17(11-9-16)21-18(23)15-6-4-14(5-7-15)12-20-13(2)22/h8-11,14-15H,3-7,12H2,1-2H3,(H,20,22)(H,21,23). The number of amides is 2. The lowest BCUT2D eigenvalue weighted by Crippen LogP contribution is -2.32. The summed E-state index contributed by atoms with van der Waals surface area (Å²) in [6.45, 7) is 4.31. The summed E-state index contributed by atoms with van der Waals surface area (Å²) < 4.78 is 4.94. The van der Waals surface area contributed by atoms with Crippen molar-refractivity contribution in [3.63, 3.8) is 0 Å². The summed E-state index contributed by atoms with van der Waals surface area (Å²) in [6, 6.07) is 6.73. The van der Waals surface area contributed by atoms with Gasteiger partial charge < -0.3 is 15.4 Å². The summed E-state index contributed by atoms with van der Waals surface area (Å²) in [7, 11) is 0. The number of ether oxygens (including phenoxy) is 1. The Morgan fingerprint density at radius 1 is 1.08 bits per heavy atom. The van der Waals surface area contributed by atoms with Crippen LogP contribution in [0, 0.1) is 11.8 Å². The summed E-state index contributed by atoms with van der Waals surface area (Å²) in [5.41, 5.74) is 1.15. The molecule has 6 nitrogen and oxygen atoms in total. The van der Waals surface area contributed by atoms with Crippen molar-refractivity contribution in [2.75, 3.05) is 18.5 Å². The van der Waals surface area contributed by atoms with E-state index in [9.17, 15) is 14.4 Å². The van der Waals surface area contributed by atoms with Gasteiger partial charge in [-0.3, -0.25) is 9.59 Å². The number of nitrogens with one attached hydrogen (secondary N) is 2. The molecule has 25 heavy (non-hydrogen) atoms. The number of anilines is 1. The number of carbonyl (C=O) groups excluding carboxylic acids is 3. The second-order valence-corrected chi connectivity index (χ2v) is 6.44. The van der Waals surface area contributed by atoms with E-state index in [1.807, 2.05) is 0 Å². The predicted octanol–water partition coefficient (Wildman–Crippen LogP) is 2.74. The molecule has 0 spiro atoms. The van der Waals surface area contributed by atoms with Crippen molar-refractivity contribution in [2.24, 2.45) is 11.8 Å². The quantitative estimate of drug-likeness (QED) is 0.776. The van der Waals surface area contributed by atoms with Gasteiger partial charge in [-0.2, -0.15) is 0 Å². The van der Waals surface area contributed by atoms with Crippen molar-refractivity contribution in [3.05, 3.63) is 29.8 Å². The van der Waals surface area contributed by atoms with E-state index in [2.05, 4.69) is 10.6 Å². The van der Waals surface area contributed by atoms with Crippen LogP contribution in [0.4, 0.5) is 5.69 Å². The first-order valence-corrected chi connectivity index (χ1v) is 8.82. The van der Waals surface area contributed by atoms with Gasteiger partial charge in [0.1, 0.15) is 0 Å². The number of benzene rings is 1. The van der Waals surface area contributed by atoms with Gasteiger partial charge in [-0.15, -0.1) is 0 Å². The fraction of sp³-hybridized carbons (Fsp3) is 0.526. The van der Waals surface area contributed by atoms with Crippen LogP contribution in [0.1, 0.15) is 49.9 Å². The number of rotatable bonds is 6. The maximum atomic E-state index is 12.4. The molecule has 0 bridgehead atoms. The topological polar surface area (TPSA) is 84.5 Å². The normalized spacial score (nSPS) is 19.8. The Morgan fingerprint density at radius 2 is 1.72 bits per heavy atom. The minimum absolute atomic E-state index is 0.00156. The lowest BCUT2D eigenvalue weighted by molar-refractivity contribution is -0.122. The number of hydrogen-bond donors (Lipinski definition) is 2. The van der Waals surface area contributed by atoms with Gasteiger partial charge >= 0.3 is 5.97 Å². The molecule has 1 aromatic rings. The van der Waals surface area contributed by atoms with Crippen LogP contribution in [0.5, 0.6) is 0 Å². The van der Waals surface area contributed by atoms with Crippen LogP contribution < -0.4 is 10.6 Å². The zero-order chi connectivity index (χ0) is 18.2. The van der Waals surface area contributed by atoms with E-state index < -0.39 is 0 Å². The van der Waals surface area contributed by atoms with Crippen LogP contribution in [0.2, 0.25) is 0 Å². The summed E-state index contributed by atoms with van der Waals surface area (Å²) in [4.78, 5) is 35.0. The second-order valence-electron chi connectivity index (χ2n) is 6.44. The molecule has 0 aliphatic heterocycles. The first-order valence-electron chi connectivity index (χ1n) is 8.82. The summed E-state index contributed by atoms with van der Waals surface area (Å²) in [5.74, 6) is 0.0981. The average molecular weight is 346 g/mol. The molecule has 0 atom stereocenters. The SMILES string of the molecule is CCOC(=O)c1ccc(NC(=O)C2CCC(CNC(C)=O)CC2)cc1. The predicted molar refractivity (Wildman–Crippen MR) is 95.2 cm³/mol. The van der Waals surface area contributed by atoms with Crippen molar-refractivity contribution >= 4 is 23.5 Å². The molecular weight excluding hydrogens is 320 g/mol. The molecule has 2 rings (SSSR count). The molecule has 0 radical (unpaired) electrons. The van der Waals surface area contributed by atoms with Crippen LogP contribution in [-0.4, -0.2) is 30.9 Å². The molecule has 1 aliphatic carbocycles. The minimum atomic E-state index is -0.363. The second kappa shape index (κ2) is 9.20. The fourth-order valence-electron chi connectivity index (χ4n) is 3.07. The molecule has 1 aromatic carbocycles. The van der Waals surface area contributed by atoms with Crippen LogP contribution >= 0.6 is 0 Å². The Labute approximate surface area is 148 Å². The Kier molecular flexibility index (Phi) is 6.98. The van der Waals surface area contributed by atoms with Gasteiger partial charge in [0.2, 0.25) is 11.8 Å². The van der Waals surface area contributed by atoms with Crippen molar-refractivity contribution < 1.29 is 19.1 Å². The van der Waals surface area contributed by atoms with Crippen molar-refractivity contribution in [1.82, 2.24) is 5.32 Å². The molecular formula is C19H26N2O4.